The molecular weight excluding hydrogens is 270 g/mol. The van der Waals surface area contributed by atoms with Crippen LogP contribution in [0.5, 0.6) is 0 Å². The predicted octanol–water partition coefficient (Wildman–Crippen LogP) is 2.02. The molecule has 0 aliphatic rings. The van der Waals surface area contributed by atoms with Gasteiger partial charge >= 0.3 is 0 Å². The molecule has 1 aromatic rings. The van der Waals surface area contributed by atoms with Gasteiger partial charge in [-0.2, -0.15) is 0 Å². The van der Waals surface area contributed by atoms with Crippen LogP contribution in [0.1, 0.15) is 31.7 Å². The molecule has 0 saturated carbocycles. The van der Waals surface area contributed by atoms with E-state index in [9.17, 15) is 14.9 Å². The van der Waals surface area contributed by atoms with Gasteiger partial charge in [0, 0.05) is 25.1 Å². The molecular formula is C15H23N3O3. The van der Waals surface area contributed by atoms with E-state index in [0.717, 1.165) is 18.4 Å². The first-order valence-corrected chi connectivity index (χ1v) is 7.23. The first kappa shape index (κ1) is 17.1. The van der Waals surface area contributed by atoms with Gasteiger partial charge in [-0.25, -0.2) is 0 Å². The minimum absolute atomic E-state index is 0.0424. The lowest BCUT2D eigenvalue weighted by Gasteiger charge is -2.10. The van der Waals surface area contributed by atoms with Gasteiger partial charge in [0.25, 0.3) is 5.69 Å². The quantitative estimate of drug-likeness (QED) is 0.537. The topological polar surface area (TPSA) is 98.3 Å². The Kier molecular flexibility index (Phi) is 7.39. The fourth-order valence-corrected chi connectivity index (χ4v) is 2.03. The summed E-state index contributed by atoms with van der Waals surface area (Å²) >= 11 is 0. The van der Waals surface area contributed by atoms with Crippen LogP contribution in [-0.2, 0) is 11.2 Å². The zero-order valence-electron chi connectivity index (χ0n) is 12.4. The highest BCUT2D eigenvalue weighted by molar-refractivity contribution is 5.75. The highest BCUT2D eigenvalue weighted by atomic mass is 16.6. The number of rotatable bonds is 9. The Hall–Kier alpha value is -1.95. The summed E-state index contributed by atoms with van der Waals surface area (Å²) in [7, 11) is 0. The van der Waals surface area contributed by atoms with Crippen molar-refractivity contribution in [3.8, 4) is 0 Å². The van der Waals surface area contributed by atoms with Crippen molar-refractivity contribution in [2.75, 3.05) is 13.1 Å². The summed E-state index contributed by atoms with van der Waals surface area (Å²) in [6.07, 6.45) is 2.97. The fourth-order valence-electron chi connectivity index (χ4n) is 2.03. The number of non-ortho nitro benzene ring substituents is 1. The highest BCUT2D eigenvalue weighted by Crippen LogP contribution is 2.12. The molecule has 1 amide bonds. The Labute approximate surface area is 124 Å². The van der Waals surface area contributed by atoms with Crippen LogP contribution in [0, 0.1) is 16.0 Å². The molecule has 6 nitrogen and oxygen atoms in total. The fraction of sp³-hybridized carbons (Fsp3) is 0.533. The van der Waals surface area contributed by atoms with Gasteiger partial charge in [-0.3, -0.25) is 14.9 Å². The van der Waals surface area contributed by atoms with E-state index in [0.29, 0.717) is 31.8 Å². The summed E-state index contributed by atoms with van der Waals surface area (Å²) in [5.74, 6) is 0.510. The molecule has 3 N–H and O–H groups in total. The van der Waals surface area contributed by atoms with Gasteiger partial charge in [0.1, 0.15) is 0 Å². The van der Waals surface area contributed by atoms with E-state index in [-0.39, 0.29) is 11.6 Å². The van der Waals surface area contributed by atoms with E-state index in [1.165, 1.54) is 12.1 Å². The van der Waals surface area contributed by atoms with E-state index in [1.807, 2.05) is 0 Å². The maximum atomic E-state index is 11.7. The van der Waals surface area contributed by atoms with E-state index >= 15 is 0 Å². The lowest BCUT2D eigenvalue weighted by Crippen LogP contribution is -2.26. The smallest absolute Gasteiger partial charge is 0.269 e. The van der Waals surface area contributed by atoms with Crippen molar-refractivity contribution in [2.45, 2.75) is 32.6 Å². The molecule has 21 heavy (non-hydrogen) atoms. The summed E-state index contributed by atoms with van der Waals surface area (Å²) in [6, 6.07) is 6.39. The van der Waals surface area contributed by atoms with Crippen LogP contribution in [0.15, 0.2) is 24.3 Å². The third-order valence-corrected chi connectivity index (χ3v) is 3.41. The molecule has 1 atom stereocenters. The normalized spacial score (nSPS) is 11.9. The number of nitro benzene ring substituents is 1. The molecule has 0 aliphatic heterocycles. The summed E-state index contributed by atoms with van der Waals surface area (Å²) in [4.78, 5) is 21.8. The molecule has 6 heteroatoms. The Morgan fingerprint density at radius 3 is 2.57 bits per heavy atom. The van der Waals surface area contributed by atoms with Crippen LogP contribution in [0.25, 0.3) is 0 Å². The van der Waals surface area contributed by atoms with Gasteiger partial charge in [0.05, 0.1) is 4.92 Å². The van der Waals surface area contributed by atoms with Crippen LogP contribution in [0.4, 0.5) is 5.69 Å². The van der Waals surface area contributed by atoms with E-state index in [2.05, 4.69) is 12.2 Å². The molecule has 0 aliphatic carbocycles. The Balaban J connectivity index is 2.23. The van der Waals surface area contributed by atoms with Crippen molar-refractivity contribution in [2.24, 2.45) is 11.7 Å². The number of nitrogens with one attached hydrogen (secondary N) is 1. The van der Waals surface area contributed by atoms with Gasteiger partial charge in [-0.05, 0) is 37.3 Å². The summed E-state index contributed by atoms with van der Waals surface area (Å²) in [5.41, 5.74) is 6.52. The van der Waals surface area contributed by atoms with Gasteiger partial charge in [-0.15, -0.1) is 0 Å². The summed E-state index contributed by atoms with van der Waals surface area (Å²) in [6.45, 7) is 3.29. The molecule has 0 saturated heterocycles. The monoisotopic (exact) mass is 293 g/mol. The number of benzene rings is 1. The third-order valence-electron chi connectivity index (χ3n) is 3.41. The Bertz CT molecular complexity index is 460. The number of nitrogens with zero attached hydrogens (tertiary/aromatic N) is 1. The van der Waals surface area contributed by atoms with Crippen molar-refractivity contribution in [1.29, 1.82) is 0 Å². The minimum atomic E-state index is -0.423. The van der Waals surface area contributed by atoms with Crippen molar-refractivity contribution in [3.05, 3.63) is 39.9 Å². The lowest BCUT2D eigenvalue weighted by atomic mass is 10.0. The zero-order chi connectivity index (χ0) is 15.7. The van der Waals surface area contributed by atoms with Crippen LogP contribution in [0.3, 0.4) is 0 Å². The minimum Gasteiger partial charge on any atom is -0.356 e. The van der Waals surface area contributed by atoms with E-state index in [1.54, 1.807) is 12.1 Å². The standard InChI is InChI=1S/C15H23N3O3/c1-12(8-10-16)2-7-15(19)17-11-9-13-3-5-14(6-4-13)18(20)21/h3-6,12H,2,7-11,16H2,1H3,(H,17,19). The highest BCUT2D eigenvalue weighted by Gasteiger charge is 2.07. The molecule has 116 valence electrons. The van der Waals surface area contributed by atoms with Crippen LogP contribution in [0.2, 0.25) is 0 Å². The number of hydrogen-bond acceptors (Lipinski definition) is 4. The molecule has 0 bridgehead atoms. The van der Waals surface area contributed by atoms with Crippen molar-refractivity contribution in [1.82, 2.24) is 5.32 Å². The van der Waals surface area contributed by atoms with Crippen molar-refractivity contribution in [3.63, 3.8) is 0 Å². The van der Waals surface area contributed by atoms with E-state index in [4.69, 9.17) is 5.73 Å². The molecule has 0 aromatic heterocycles. The van der Waals surface area contributed by atoms with Crippen LogP contribution < -0.4 is 11.1 Å². The molecule has 0 spiro atoms. The maximum Gasteiger partial charge on any atom is 0.269 e. The second-order valence-corrected chi connectivity index (χ2v) is 5.24. The van der Waals surface area contributed by atoms with Gasteiger partial charge in [-0.1, -0.05) is 19.1 Å². The number of hydrogen-bond donors (Lipinski definition) is 2. The average molecular weight is 293 g/mol. The maximum absolute atomic E-state index is 11.7. The molecule has 1 aromatic carbocycles. The summed E-state index contributed by atoms with van der Waals surface area (Å²) < 4.78 is 0. The molecule has 1 rings (SSSR count). The Morgan fingerprint density at radius 2 is 2.00 bits per heavy atom. The molecule has 1 unspecified atom stereocenters. The number of carbonyl (C=O) groups excluding carboxylic acids is 1. The second kappa shape index (κ2) is 9.07. The predicted molar refractivity (Wildman–Crippen MR) is 81.9 cm³/mol. The molecule has 0 radical (unpaired) electrons. The third kappa shape index (κ3) is 6.85. The number of nitrogens with two attached hydrogens (primary N) is 1. The van der Waals surface area contributed by atoms with E-state index < -0.39 is 4.92 Å². The van der Waals surface area contributed by atoms with Gasteiger partial charge in [0.15, 0.2) is 0 Å². The van der Waals surface area contributed by atoms with Gasteiger partial charge in [0.2, 0.25) is 5.91 Å². The lowest BCUT2D eigenvalue weighted by molar-refractivity contribution is -0.384. The number of nitro groups is 1. The van der Waals surface area contributed by atoms with Crippen molar-refractivity contribution >= 4 is 11.6 Å². The van der Waals surface area contributed by atoms with Crippen LogP contribution >= 0.6 is 0 Å². The van der Waals surface area contributed by atoms with Gasteiger partial charge < -0.3 is 11.1 Å². The first-order chi connectivity index (χ1) is 10.0. The Morgan fingerprint density at radius 1 is 1.33 bits per heavy atom. The largest absolute Gasteiger partial charge is 0.356 e. The van der Waals surface area contributed by atoms with Crippen LogP contribution in [-0.4, -0.2) is 23.9 Å². The number of carbonyl (C=O) groups is 1. The zero-order valence-corrected chi connectivity index (χ0v) is 12.4. The first-order valence-electron chi connectivity index (χ1n) is 7.23. The molecule has 0 fully saturated rings. The summed E-state index contributed by atoms with van der Waals surface area (Å²) in [5, 5.41) is 13.4. The second-order valence-electron chi connectivity index (χ2n) is 5.24. The number of amides is 1. The van der Waals surface area contributed by atoms with Crippen molar-refractivity contribution < 1.29 is 9.72 Å². The average Bonchev–Trinajstić information content (AvgIpc) is 2.46. The molecule has 0 heterocycles. The SMILES string of the molecule is CC(CCN)CCC(=O)NCCc1ccc([N+](=O)[O-])cc1.